The number of furan rings is 1. The first-order valence-corrected chi connectivity index (χ1v) is 13.8. The first-order valence-electron chi connectivity index (χ1n) is 11.8. The number of benzene rings is 2. The number of amides is 1. The lowest BCUT2D eigenvalue weighted by atomic mass is 10.0. The summed E-state index contributed by atoms with van der Waals surface area (Å²) in [5, 5.41) is 5.51. The largest absolute Gasteiger partial charge is 0.457 e. The Morgan fingerprint density at radius 2 is 1.92 bits per heavy atom. The summed E-state index contributed by atoms with van der Waals surface area (Å²) in [5.41, 5.74) is 2.31. The number of hydrogen-bond donors (Lipinski definition) is 1. The Balaban J connectivity index is 1.43. The number of rotatable bonds is 5. The highest BCUT2D eigenvalue weighted by molar-refractivity contribution is 7.10. The van der Waals surface area contributed by atoms with Crippen molar-refractivity contribution in [2.24, 2.45) is 4.99 Å². The van der Waals surface area contributed by atoms with Crippen LogP contribution in [0, 0.1) is 0 Å². The minimum atomic E-state index is -0.587. The fraction of sp³-hybridized carbons (Fsp3) is 0.0690. The van der Waals surface area contributed by atoms with E-state index in [1.54, 1.807) is 23.6 Å². The number of allylic oxidation sites excluding steroid dienone is 1. The van der Waals surface area contributed by atoms with Crippen LogP contribution < -0.4 is 20.2 Å². The number of aromatic nitrogens is 1. The molecule has 3 aromatic heterocycles. The lowest BCUT2D eigenvalue weighted by Crippen LogP contribution is -2.40. The molecule has 0 bridgehead atoms. The zero-order chi connectivity index (χ0) is 26.2. The van der Waals surface area contributed by atoms with E-state index in [1.807, 2.05) is 78.2 Å². The fourth-order valence-electron chi connectivity index (χ4n) is 4.40. The van der Waals surface area contributed by atoms with Crippen LogP contribution in [0.2, 0.25) is 5.02 Å². The van der Waals surface area contributed by atoms with E-state index in [0.717, 1.165) is 10.4 Å². The second-order valence-corrected chi connectivity index (χ2v) is 11.1. The van der Waals surface area contributed by atoms with Crippen LogP contribution in [0.15, 0.2) is 110 Å². The van der Waals surface area contributed by atoms with Crippen molar-refractivity contribution in [2.75, 3.05) is 5.32 Å². The molecule has 6 nitrogen and oxygen atoms in total. The van der Waals surface area contributed by atoms with Crippen LogP contribution in [0.3, 0.4) is 0 Å². The number of carbonyl (C=O) groups excluding carboxylic acids is 1. The zero-order valence-corrected chi connectivity index (χ0v) is 22.4. The van der Waals surface area contributed by atoms with Gasteiger partial charge in [-0.2, -0.15) is 0 Å². The lowest BCUT2D eigenvalue weighted by molar-refractivity contribution is -0.113. The molecule has 38 heavy (non-hydrogen) atoms. The van der Waals surface area contributed by atoms with Crippen LogP contribution in [-0.2, 0) is 4.79 Å². The Hall–Kier alpha value is -3.98. The zero-order valence-electron chi connectivity index (χ0n) is 20.1. The molecule has 6 rings (SSSR count). The molecule has 0 fully saturated rings. The Bertz CT molecular complexity index is 1870. The third kappa shape index (κ3) is 4.58. The minimum Gasteiger partial charge on any atom is -0.457 e. The van der Waals surface area contributed by atoms with Gasteiger partial charge in [-0.05, 0) is 54.8 Å². The SMILES string of the molecule is CC1=C(C(=O)Nc2ccccc2)C(c2cccs2)n2c(s/c(=C/c3ccc(-c4cccc(Cl)c4)o3)c2=O)=N1. The van der Waals surface area contributed by atoms with E-state index in [9.17, 15) is 9.59 Å². The number of thiazole rings is 1. The van der Waals surface area contributed by atoms with Crippen LogP contribution in [0.1, 0.15) is 23.6 Å². The standard InChI is InChI=1S/C29H20ClN3O3S2/c1-17-25(27(34)32-20-9-3-2-4-10-20)26(23-11-6-14-37-23)33-28(35)24(38-29(33)31-17)16-21-12-13-22(36-21)18-7-5-8-19(30)15-18/h2-16,26H,1H3,(H,32,34)/b24-16+. The van der Waals surface area contributed by atoms with Gasteiger partial charge in [0.25, 0.3) is 11.5 Å². The van der Waals surface area contributed by atoms with Crippen LogP contribution in [0.5, 0.6) is 0 Å². The second kappa shape index (κ2) is 10.1. The second-order valence-electron chi connectivity index (χ2n) is 8.63. The smallest absolute Gasteiger partial charge is 0.271 e. The number of nitrogens with zero attached hydrogens (tertiary/aromatic N) is 2. The predicted octanol–water partition coefficient (Wildman–Crippen LogP) is 5.85. The predicted molar refractivity (Wildman–Crippen MR) is 152 cm³/mol. The first-order chi connectivity index (χ1) is 18.5. The van der Waals surface area contributed by atoms with Crippen molar-refractivity contribution in [3.63, 3.8) is 0 Å². The molecule has 0 spiro atoms. The van der Waals surface area contributed by atoms with Crippen LogP contribution >= 0.6 is 34.3 Å². The molecule has 0 radical (unpaired) electrons. The van der Waals surface area contributed by atoms with Gasteiger partial charge in [0.2, 0.25) is 0 Å². The molecule has 0 saturated carbocycles. The number of thiophene rings is 1. The van der Waals surface area contributed by atoms with Crippen molar-refractivity contribution >= 4 is 51.9 Å². The molecular weight excluding hydrogens is 538 g/mol. The van der Waals surface area contributed by atoms with Crippen molar-refractivity contribution < 1.29 is 9.21 Å². The van der Waals surface area contributed by atoms with E-state index in [0.29, 0.717) is 42.8 Å². The molecule has 4 heterocycles. The summed E-state index contributed by atoms with van der Waals surface area (Å²) >= 11 is 8.89. The van der Waals surface area contributed by atoms with E-state index in [4.69, 9.17) is 16.0 Å². The summed E-state index contributed by atoms with van der Waals surface area (Å²) in [4.78, 5) is 33.3. The van der Waals surface area contributed by atoms with Gasteiger partial charge in [-0.3, -0.25) is 14.2 Å². The van der Waals surface area contributed by atoms with E-state index in [-0.39, 0.29) is 11.5 Å². The molecule has 2 aromatic carbocycles. The Kier molecular flexibility index (Phi) is 6.45. The average Bonchev–Trinajstić information content (AvgIpc) is 3.66. The highest BCUT2D eigenvalue weighted by Crippen LogP contribution is 2.33. The topological polar surface area (TPSA) is 76.6 Å². The minimum absolute atomic E-state index is 0.231. The molecule has 0 saturated heterocycles. The summed E-state index contributed by atoms with van der Waals surface area (Å²) in [6, 6.07) is 23.6. The summed E-state index contributed by atoms with van der Waals surface area (Å²) < 4.78 is 8.08. The number of fused-ring (bicyclic) bond motifs is 1. The third-order valence-corrected chi connectivity index (χ3v) is 8.26. The molecule has 9 heteroatoms. The molecule has 1 amide bonds. The van der Waals surface area contributed by atoms with Crippen LogP contribution in [0.4, 0.5) is 5.69 Å². The molecule has 1 aliphatic rings. The van der Waals surface area contributed by atoms with Crippen LogP contribution in [0.25, 0.3) is 17.4 Å². The average molecular weight is 558 g/mol. The quantitative estimate of drug-likeness (QED) is 0.294. The molecule has 1 aliphatic heterocycles. The normalized spacial score (nSPS) is 15.3. The van der Waals surface area contributed by atoms with Crippen molar-refractivity contribution in [1.82, 2.24) is 4.57 Å². The third-order valence-electron chi connectivity index (χ3n) is 6.12. The maximum atomic E-state index is 13.8. The number of anilines is 1. The highest BCUT2D eigenvalue weighted by atomic mass is 35.5. The van der Waals surface area contributed by atoms with Gasteiger partial charge in [-0.25, -0.2) is 4.99 Å². The maximum absolute atomic E-state index is 13.8. The van der Waals surface area contributed by atoms with E-state index < -0.39 is 6.04 Å². The summed E-state index contributed by atoms with van der Waals surface area (Å²) in [6.45, 7) is 1.81. The van der Waals surface area contributed by atoms with Gasteiger partial charge in [0.15, 0.2) is 4.80 Å². The highest BCUT2D eigenvalue weighted by Gasteiger charge is 2.33. The Morgan fingerprint density at radius 1 is 1.08 bits per heavy atom. The van der Waals surface area contributed by atoms with Gasteiger partial charge in [0.05, 0.1) is 15.8 Å². The monoisotopic (exact) mass is 557 g/mol. The number of nitrogens with one attached hydrogen (secondary N) is 1. The van der Waals surface area contributed by atoms with Crippen molar-refractivity contribution in [1.29, 1.82) is 0 Å². The molecule has 1 N–H and O–H groups in total. The van der Waals surface area contributed by atoms with Gasteiger partial charge in [-0.15, -0.1) is 11.3 Å². The molecule has 1 atom stereocenters. The lowest BCUT2D eigenvalue weighted by Gasteiger charge is -2.24. The van der Waals surface area contributed by atoms with Gasteiger partial charge < -0.3 is 9.73 Å². The van der Waals surface area contributed by atoms with E-state index in [2.05, 4.69) is 10.3 Å². The number of carbonyl (C=O) groups is 1. The number of hydrogen-bond acceptors (Lipinski definition) is 6. The molecule has 1 unspecified atom stereocenters. The van der Waals surface area contributed by atoms with Gasteiger partial charge in [-0.1, -0.05) is 59.3 Å². The maximum Gasteiger partial charge on any atom is 0.271 e. The Morgan fingerprint density at radius 3 is 2.68 bits per heavy atom. The van der Waals surface area contributed by atoms with E-state index in [1.165, 1.54) is 22.7 Å². The summed E-state index contributed by atoms with van der Waals surface area (Å²) in [6.07, 6.45) is 1.71. The summed E-state index contributed by atoms with van der Waals surface area (Å²) in [5.74, 6) is 0.900. The molecule has 188 valence electrons. The van der Waals surface area contributed by atoms with Crippen molar-refractivity contribution in [2.45, 2.75) is 13.0 Å². The molecule has 5 aromatic rings. The van der Waals surface area contributed by atoms with E-state index >= 15 is 0 Å². The van der Waals surface area contributed by atoms with Gasteiger partial charge in [0, 0.05) is 27.2 Å². The molecular formula is C29H20ClN3O3S2. The van der Waals surface area contributed by atoms with Gasteiger partial charge in [0.1, 0.15) is 17.6 Å². The number of halogens is 1. The van der Waals surface area contributed by atoms with Crippen molar-refractivity contribution in [3.8, 4) is 11.3 Å². The first kappa shape index (κ1) is 24.4. The summed E-state index contributed by atoms with van der Waals surface area (Å²) in [7, 11) is 0. The molecule has 0 aliphatic carbocycles. The number of para-hydroxylation sites is 1. The van der Waals surface area contributed by atoms with Crippen LogP contribution in [-0.4, -0.2) is 10.5 Å². The fourth-order valence-corrected chi connectivity index (χ4v) is 6.44. The van der Waals surface area contributed by atoms with Gasteiger partial charge >= 0.3 is 0 Å². The Labute approximate surface area is 230 Å². The van der Waals surface area contributed by atoms with Crippen molar-refractivity contribution in [3.05, 3.63) is 131 Å².